The molecule has 0 spiro atoms. The Hall–Kier alpha value is -3.32. The molecule has 0 amide bonds. The van der Waals surface area contributed by atoms with Crippen LogP contribution in [-0.4, -0.2) is 49.2 Å². The molecule has 0 unspecified atom stereocenters. The molecular weight excluding hydrogens is 509 g/mol. The van der Waals surface area contributed by atoms with E-state index in [4.69, 9.17) is 21.1 Å². The zero-order chi connectivity index (χ0) is 24.6. The van der Waals surface area contributed by atoms with Gasteiger partial charge < -0.3 is 9.47 Å². The van der Waals surface area contributed by atoms with Gasteiger partial charge in [-0.3, -0.25) is 0 Å². The fourth-order valence-electron chi connectivity index (χ4n) is 3.33. The van der Waals surface area contributed by atoms with Gasteiger partial charge in [0, 0.05) is 6.20 Å². The van der Waals surface area contributed by atoms with Crippen LogP contribution in [0.15, 0.2) is 36.7 Å². The van der Waals surface area contributed by atoms with Gasteiger partial charge in [-0.1, -0.05) is 23.7 Å². The van der Waals surface area contributed by atoms with Crippen molar-refractivity contribution >= 4 is 42.1 Å². The summed E-state index contributed by atoms with van der Waals surface area (Å²) in [5.41, 5.74) is 0.615. The van der Waals surface area contributed by atoms with Crippen LogP contribution in [0.25, 0.3) is 17.0 Å². The number of halogens is 4. The fraction of sp³-hybridized carbons (Fsp3) is 0.286. The highest BCUT2D eigenvalue weighted by molar-refractivity contribution is 7.59. The lowest BCUT2D eigenvalue weighted by molar-refractivity contribution is -0.137. The van der Waals surface area contributed by atoms with Crippen LogP contribution in [0.2, 0.25) is 5.15 Å². The molecule has 0 saturated heterocycles. The minimum Gasteiger partial charge on any atom is -0.479 e. The van der Waals surface area contributed by atoms with E-state index in [2.05, 4.69) is 20.2 Å². The highest BCUT2D eigenvalue weighted by atomic mass is 35.5. The second-order valence-corrected chi connectivity index (χ2v) is 7.51. The first kappa shape index (κ1) is 26.3. The molecule has 1 atom stereocenters. The first-order valence-corrected chi connectivity index (χ1v) is 10.4. The molecule has 35 heavy (non-hydrogen) atoms. The minimum atomic E-state index is -4.43. The van der Waals surface area contributed by atoms with E-state index in [0.29, 0.717) is 11.1 Å². The Bertz CT molecular complexity index is 1360. The van der Waals surface area contributed by atoms with E-state index in [-0.39, 0.29) is 48.2 Å². The standard InChI is InChI=1S/C21H18ClF3N6O3.H2S/c1-4-34-19(32)13-9-26-30(10-13)20-27-15-16(18(28-20)33-3)31(29-17(15)22)11(2)12-5-7-14(8-6-12)21(23,24)25;/h5-11H,4H2,1-3H3;1H2/t11-;/m0./s1. The van der Waals surface area contributed by atoms with Crippen LogP contribution in [0.1, 0.15) is 41.4 Å². The van der Waals surface area contributed by atoms with Crippen molar-refractivity contribution in [3.63, 3.8) is 0 Å². The van der Waals surface area contributed by atoms with Crippen LogP contribution in [0, 0.1) is 0 Å². The maximum atomic E-state index is 12.9. The molecule has 4 aromatic rings. The molecule has 0 bridgehead atoms. The number of alkyl halides is 3. The van der Waals surface area contributed by atoms with Crippen LogP contribution in [0.5, 0.6) is 5.88 Å². The maximum absolute atomic E-state index is 12.9. The molecule has 4 rings (SSSR count). The Morgan fingerprint density at radius 3 is 2.49 bits per heavy atom. The van der Waals surface area contributed by atoms with Crippen molar-refractivity contribution in [2.75, 3.05) is 13.7 Å². The number of hydrogen-bond acceptors (Lipinski definition) is 7. The monoisotopic (exact) mass is 528 g/mol. The van der Waals surface area contributed by atoms with Crippen molar-refractivity contribution < 1.29 is 27.4 Å². The van der Waals surface area contributed by atoms with Crippen LogP contribution in [0.3, 0.4) is 0 Å². The van der Waals surface area contributed by atoms with E-state index in [9.17, 15) is 18.0 Å². The zero-order valence-corrected chi connectivity index (χ0v) is 20.4. The molecule has 9 nitrogen and oxygen atoms in total. The predicted molar refractivity (Wildman–Crippen MR) is 126 cm³/mol. The van der Waals surface area contributed by atoms with Gasteiger partial charge in [0.2, 0.25) is 5.88 Å². The third-order valence-electron chi connectivity index (χ3n) is 5.04. The van der Waals surface area contributed by atoms with Crippen molar-refractivity contribution in [2.45, 2.75) is 26.1 Å². The zero-order valence-electron chi connectivity index (χ0n) is 18.7. The van der Waals surface area contributed by atoms with Gasteiger partial charge in [-0.25, -0.2) is 19.1 Å². The number of ether oxygens (including phenoxy) is 2. The lowest BCUT2D eigenvalue weighted by Crippen LogP contribution is -2.11. The lowest BCUT2D eigenvalue weighted by Gasteiger charge is -2.16. The van der Waals surface area contributed by atoms with Gasteiger partial charge in [-0.15, -0.1) is 0 Å². The minimum absolute atomic E-state index is 0. The molecule has 0 aliphatic carbocycles. The molecule has 0 aliphatic rings. The summed E-state index contributed by atoms with van der Waals surface area (Å²) in [5, 5.41) is 8.44. The largest absolute Gasteiger partial charge is 0.479 e. The van der Waals surface area contributed by atoms with Gasteiger partial charge in [0.1, 0.15) is 5.52 Å². The molecular formula is C21H20ClF3N6O3S. The van der Waals surface area contributed by atoms with Crippen LogP contribution >= 0.6 is 25.1 Å². The van der Waals surface area contributed by atoms with Gasteiger partial charge in [0.15, 0.2) is 10.7 Å². The molecule has 0 aliphatic heterocycles. The highest BCUT2D eigenvalue weighted by Crippen LogP contribution is 2.34. The smallest absolute Gasteiger partial charge is 0.416 e. The second kappa shape index (κ2) is 10.1. The highest BCUT2D eigenvalue weighted by Gasteiger charge is 2.30. The normalized spacial score (nSPS) is 12.3. The van der Waals surface area contributed by atoms with E-state index in [0.717, 1.165) is 12.1 Å². The summed E-state index contributed by atoms with van der Waals surface area (Å²) < 4.78 is 51.9. The molecule has 3 aromatic heterocycles. The van der Waals surface area contributed by atoms with E-state index in [1.165, 1.54) is 41.0 Å². The molecule has 0 radical (unpaired) electrons. The summed E-state index contributed by atoms with van der Waals surface area (Å²) in [6.45, 7) is 3.65. The third-order valence-corrected chi connectivity index (χ3v) is 5.29. The maximum Gasteiger partial charge on any atom is 0.416 e. The topological polar surface area (TPSA) is 96.9 Å². The molecule has 14 heteroatoms. The summed E-state index contributed by atoms with van der Waals surface area (Å²) in [7, 11) is 1.40. The third kappa shape index (κ3) is 5.05. The SMILES string of the molecule is CCOC(=O)c1cnn(-c2nc(OC)c3c(n2)c(Cl)nn3[C@@H](C)c2ccc(C(F)(F)F)cc2)c1.S. The molecule has 0 N–H and O–H groups in total. The van der Waals surface area contributed by atoms with Crippen molar-refractivity contribution in [3.8, 4) is 11.8 Å². The summed E-state index contributed by atoms with van der Waals surface area (Å²) in [6.07, 6.45) is -1.71. The average molecular weight is 529 g/mol. The number of methoxy groups -OCH3 is 1. The Morgan fingerprint density at radius 1 is 1.20 bits per heavy atom. The first-order valence-electron chi connectivity index (χ1n) is 10.0. The number of nitrogens with zero attached hydrogens (tertiary/aromatic N) is 6. The van der Waals surface area contributed by atoms with Crippen molar-refractivity contribution in [3.05, 3.63) is 58.5 Å². The molecule has 0 fully saturated rings. The summed E-state index contributed by atoms with van der Waals surface area (Å²) in [6, 6.07) is 4.24. The van der Waals surface area contributed by atoms with E-state index < -0.39 is 23.8 Å². The molecule has 0 saturated carbocycles. The van der Waals surface area contributed by atoms with Gasteiger partial charge >= 0.3 is 12.1 Å². The summed E-state index contributed by atoms with van der Waals surface area (Å²) in [5.74, 6) is -0.354. The predicted octanol–water partition coefficient (Wildman–Crippen LogP) is 4.59. The molecule has 186 valence electrons. The number of aromatic nitrogens is 6. The Kier molecular flexibility index (Phi) is 7.60. The van der Waals surface area contributed by atoms with Crippen LogP contribution in [-0.2, 0) is 10.9 Å². The van der Waals surface area contributed by atoms with Gasteiger partial charge in [0.05, 0.1) is 37.1 Å². The number of fused-ring (bicyclic) bond motifs is 1. The van der Waals surface area contributed by atoms with Crippen molar-refractivity contribution in [1.82, 2.24) is 29.5 Å². The number of carbonyl (C=O) groups is 1. The van der Waals surface area contributed by atoms with Crippen LogP contribution in [0.4, 0.5) is 13.2 Å². The van der Waals surface area contributed by atoms with Gasteiger partial charge in [-0.05, 0) is 31.5 Å². The quantitative estimate of drug-likeness (QED) is 0.338. The molecule has 1 aromatic carbocycles. The summed E-state index contributed by atoms with van der Waals surface area (Å²) >= 11 is 6.35. The average Bonchev–Trinajstić information content (AvgIpc) is 3.43. The number of hydrogen-bond donors (Lipinski definition) is 0. The number of benzene rings is 1. The van der Waals surface area contributed by atoms with E-state index >= 15 is 0 Å². The Morgan fingerprint density at radius 2 is 1.89 bits per heavy atom. The first-order chi connectivity index (χ1) is 16.1. The number of esters is 1. The van der Waals surface area contributed by atoms with Crippen molar-refractivity contribution in [2.24, 2.45) is 0 Å². The second-order valence-electron chi connectivity index (χ2n) is 7.16. The molecule has 3 heterocycles. The van der Waals surface area contributed by atoms with Crippen molar-refractivity contribution in [1.29, 1.82) is 0 Å². The van der Waals surface area contributed by atoms with Gasteiger partial charge in [0.25, 0.3) is 5.95 Å². The van der Waals surface area contributed by atoms with E-state index in [1.54, 1.807) is 13.8 Å². The van der Waals surface area contributed by atoms with Crippen LogP contribution < -0.4 is 4.74 Å². The Balaban J connectivity index is 0.00000342. The fourth-order valence-corrected chi connectivity index (χ4v) is 3.55. The number of rotatable bonds is 6. The van der Waals surface area contributed by atoms with E-state index in [1.807, 2.05) is 0 Å². The summed E-state index contributed by atoms with van der Waals surface area (Å²) in [4.78, 5) is 20.7. The number of carbonyl (C=O) groups excluding carboxylic acids is 1. The lowest BCUT2D eigenvalue weighted by atomic mass is 10.1. The van der Waals surface area contributed by atoms with Gasteiger partial charge in [-0.2, -0.15) is 41.8 Å². The Labute approximate surface area is 209 Å².